The fourth-order valence-electron chi connectivity index (χ4n) is 2.63. The van der Waals surface area contributed by atoms with Crippen LogP contribution in [-0.4, -0.2) is 42.7 Å². The summed E-state index contributed by atoms with van der Waals surface area (Å²) >= 11 is 1.55. The van der Waals surface area contributed by atoms with Crippen molar-refractivity contribution in [3.05, 3.63) is 65.7 Å². The molecule has 144 valence electrons. The van der Waals surface area contributed by atoms with E-state index in [0.29, 0.717) is 12.3 Å². The van der Waals surface area contributed by atoms with Gasteiger partial charge >= 0.3 is 0 Å². The Morgan fingerprint density at radius 3 is 2.33 bits per heavy atom. The minimum atomic E-state index is -0.540. The largest absolute Gasteiger partial charge is 0.497 e. The Morgan fingerprint density at radius 1 is 1.07 bits per heavy atom. The Hall–Kier alpha value is -2.47. The standard InChI is InChI=1S/C21H26N2O3S/c1-16(21(25)22-2)23(13-17-9-11-19(26-3)12-10-17)20(24)15-27-14-18-7-5-4-6-8-18/h4-12,16H,13-15H2,1-3H3,(H,22,25)/t16-/m0/s1. The summed E-state index contributed by atoms with van der Waals surface area (Å²) in [6.07, 6.45) is 0. The lowest BCUT2D eigenvalue weighted by Gasteiger charge is -2.28. The minimum absolute atomic E-state index is 0.0529. The maximum atomic E-state index is 12.8. The summed E-state index contributed by atoms with van der Waals surface area (Å²) in [4.78, 5) is 26.6. The number of hydrogen-bond acceptors (Lipinski definition) is 4. The van der Waals surface area contributed by atoms with Crippen LogP contribution in [0.15, 0.2) is 54.6 Å². The molecule has 0 aliphatic rings. The normalized spacial score (nSPS) is 11.5. The molecule has 2 aromatic rings. The highest BCUT2D eigenvalue weighted by atomic mass is 32.2. The van der Waals surface area contributed by atoms with Crippen LogP contribution < -0.4 is 10.1 Å². The Bertz CT molecular complexity index is 735. The third-order valence-corrected chi connectivity index (χ3v) is 5.25. The van der Waals surface area contributed by atoms with Gasteiger partial charge in [0.15, 0.2) is 0 Å². The number of carbonyl (C=O) groups excluding carboxylic acids is 2. The van der Waals surface area contributed by atoms with Crippen molar-refractivity contribution >= 4 is 23.6 Å². The molecule has 27 heavy (non-hydrogen) atoms. The number of nitrogens with one attached hydrogen (secondary N) is 1. The van der Waals surface area contributed by atoms with Gasteiger partial charge in [0, 0.05) is 19.3 Å². The fraction of sp³-hybridized carbons (Fsp3) is 0.333. The van der Waals surface area contributed by atoms with Crippen molar-refractivity contribution in [2.24, 2.45) is 0 Å². The monoisotopic (exact) mass is 386 g/mol. The molecule has 0 spiro atoms. The molecule has 0 aliphatic heterocycles. The predicted octanol–water partition coefficient (Wildman–Crippen LogP) is 3.09. The van der Waals surface area contributed by atoms with Crippen molar-refractivity contribution in [3.63, 3.8) is 0 Å². The number of ether oxygens (including phenoxy) is 1. The Morgan fingerprint density at radius 2 is 1.74 bits per heavy atom. The van der Waals surface area contributed by atoms with Crippen molar-refractivity contribution in [2.75, 3.05) is 19.9 Å². The minimum Gasteiger partial charge on any atom is -0.497 e. The van der Waals surface area contributed by atoms with Crippen LogP contribution in [0.25, 0.3) is 0 Å². The number of hydrogen-bond donors (Lipinski definition) is 1. The average Bonchev–Trinajstić information content (AvgIpc) is 2.72. The predicted molar refractivity (Wildman–Crippen MR) is 110 cm³/mol. The van der Waals surface area contributed by atoms with Crippen LogP contribution in [0.4, 0.5) is 0 Å². The summed E-state index contributed by atoms with van der Waals surface area (Å²) in [5.41, 5.74) is 2.13. The quantitative estimate of drug-likeness (QED) is 0.719. The van der Waals surface area contributed by atoms with Crippen LogP contribution in [0.3, 0.4) is 0 Å². The van der Waals surface area contributed by atoms with Crippen LogP contribution >= 0.6 is 11.8 Å². The molecule has 0 bridgehead atoms. The first kappa shape index (κ1) is 20.8. The molecular weight excluding hydrogens is 360 g/mol. The van der Waals surface area contributed by atoms with E-state index in [1.54, 1.807) is 37.7 Å². The van der Waals surface area contributed by atoms with Crippen molar-refractivity contribution < 1.29 is 14.3 Å². The van der Waals surface area contributed by atoms with E-state index in [-0.39, 0.29) is 11.8 Å². The molecule has 0 aliphatic carbocycles. The summed E-state index contributed by atoms with van der Waals surface area (Å²) in [6.45, 7) is 2.13. The lowest BCUT2D eigenvalue weighted by molar-refractivity contribution is -0.138. The highest BCUT2D eigenvalue weighted by Crippen LogP contribution is 2.17. The van der Waals surface area contributed by atoms with Gasteiger partial charge in [-0.15, -0.1) is 11.8 Å². The Labute approximate surface area is 165 Å². The number of thioether (sulfide) groups is 1. The summed E-state index contributed by atoms with van der Waals surface area (Å²) in [5.74, 6) is 1.62. The van der Waals surface area contributed by atoms with Gasteiger partial charge in [0.1, 0.15) is 11.8 Å². The third kappa shape index (κ3) is 6.32. The van der Waals surface area contributed by atoms with Crippen molar-refractivity contribution in [3.8, 4) is 5.75 Å². The lowest BCUT2D eigenvalue weighted by atomic mass is 10.1. The molecule has 2 rings (SSSR count). The summed E-state index contributed by atoms with van der Waals surface area (Å²) in [7, 11) is 3.20. The summed E-state index contributed by atoms with van der Waals surface area (Å²) in [6, 6.07) is 17.0. The lowest BCUT2D eigenvalue weighted by Crippen LogP contribution is -2.47. The number of amides is 2. The maximum absolute atomic E-state index is 12.8. The number of carbonyl (C=O) groups is 2. The molecule has 2 amide bonds. The summed E-state index contributed by atoms with van der Waals surface area (Å²) in [5, 5.41) is 2.63. The van der Waals surface area contributed by atoms with Gasteiger partial charge in [-0.3, -0.25) is 9.59 Å². The van der Waals surface area contributed by atoms with E-state index in [1.165, 1.54) is 5.56 Å². The van der Waals surface area contributed by atoms with Gasteiger partial charge in [-0.1, -0.05) is 42.5 Å². The second-order valence-electron chi connectivity index (χ2n) is 6.14. The van der Waals surface area contributed by atoms with Gasteiger partial charge in [0.05, 0.1) is 12.9 Å². The van der Waals surface area contributed by atoms with Gasteiger partial charge in [-0.2, -0.15) is 0 Å². The molecule has 0 heterocycles. The van der Waals surface area contributed by atoms with Crippen molar-refractivity contribution in [2.45, 2.75) is 25.3 Å². The average molecular weight is 387 g/mol. The Kier molecular flexibility index (Phi) is 8.20. The van der Waals surface area contributed by atoms with E-state index in [1.807, 2.05) is 54.6 Å². The van der Waals surface area contributed by atoms with Gasteiger partial charge in [-0.05, 0) is 30.2 Å². The molecule has 6 heteroatoms. The van der Waals surface area contributed by atoms with Crippen LogP contribution in [0.1, 0.15) is 18.1 Å². The molecule has 0 aromatic heterocycles. The maximum Gasteiger partial charge on any atom is 0.242 e. The van der Waals surface area contributed by atoms with E-state index in [0.717, 1.165) is 17.1 Å². The van der Waals surface area contributed by atoms with Gasteiger partial charge in [0.2, 0.25) is 11.8 Å². The summed E-state index contributed by atoms with van der Waals surface area (Å²) < 4.78 is 5.17. The van der Waals surface area contributed by atoms with Crippen LogP contribution in [-0.2, 0) is 21.9 Å². The zero-order valence-corrected chi connectivity index (χ0v) is 16.8. The topological polar surface area (TPSA) is 58.6 Å². The highest BCUT2D eigenvalue weighted by Gasteiger charge is 2.25. The molecule has 1 atom stereocenters. The first-order chi connectivity index (χ1) is 13.0. The smallest absolute Gasteiger partial charge is 0.242 e. The zero-order chi connectivity index (χ0) is 19.6. The Balaban J connectivity index is 2.03. The highest BCUT2D eigenvalue weighted by molar-refractivity contribution is 7.99. The van der Waals surface area contributed by atoms with E-state index >= 15 is 0 Å². The first-order valence-corrected chi connectivity index (χ1v) is 9.96. The molecule has 0 fully saturated rings. The van der Waals surface area contributed by atoms with E-state index < -0.39 is 6.04 Å². The number of nitrogens with zero attached hydrogens (tertiary/aromatic N) is 1. The van der Waals surface area contributed by atoms with Crippen LogP contribution in [0, 0.1) is 0 Å². The number of rotatable bonds is 9. The molecule has 2 aromatic carbocycles. The molecule has 0 unspecified atom stereocenters. The molecule has 0 saturated carbocycles. The van der Waals surface area contributed by atoms with Crippen molar-refractivity contribution in [1.82, 2.24) is 10.2 Å². The second-order valence-corrected chi connectivity index (χ2v) is 7.12. The first-order valence-electron chi connectivity index (χ1n) is 8.80. The number of methoxy groups -OCH3 is 1. The zero-order valence-electron chi connectivity index (χ0n) is 16.0. The molecule has 5 nitrogen and oxygen atoms in total. The third-order valence-electron chi connectivity index (χ3n) is 4.26. The van der Waals surface area contributed by atoms with Crippen molar-refractivity contribution in [1.29, 1.82) is 0 Å². The number of likely N-dealkylation sites (N-methyl/N-ethyl adjacent to an activating group) is 1. The molecule has 1 N–H and O–H groups in total. The van der Waals surface area contributed by atoms with E-state index in [2.05, 4.69) is 5.32 Å². The molecular formula is C21H26N2O3S. The van der Waals surface area contributed by atoms with Gasteiger partial charge in [0.25, 0.3) is 0 Å². The van der Waals surface area contributed by atoms with Crippen LogP contribution in [0.5, 0.6) is 5.75 Å². The van der Waals surface area contributed by atoms with E-state index in [4.69, 9.17) is 4.74 Å². The fourth-order valence-corrected chi connectivity index (χ4v) is 3.50. The van der Waals surface area contributed by atoms with Gasteiger partial charge in [-0.25, -0.2) is 0 Å². The van der Waals surface area contributed by atoms with Crippen LogP contribution in [0.2, 0.25) is 0 Å². The second kappa shape index (κ2) is 10.6. The SMILES string of the molecule is CNC(=O)[C@H](C)N(Cc1ccc(OC)cc1)C(=O)CSCc1ccccc1. The molecule has 0 radical (unpaired) electrons. The molecule has 0 saturated heterocycles. The number of benzene rings is 2. The van der Waals surface area contributed by atoms with Gasteiger partial charge < -0.3 is 15.0 Å². The van der Waals surface area contributed by atoms with E-state index in [9.17, 15) is 9.59 Å².